The fourth-order valence-corrected chi connectivity index (χ4v) is 2.85. The summed E-state index contributed by atoms with van der Waals surface area (Å²) in [5, 5.41) is 19.4. The van der Waals surface area contributed by atoms with Gasteiger partial charge in [-0.1, -0.05) is 11.6 Å². The first-order chi connectivity index (χ1) is 11.3. The van der Waals surface area contributed by atoms with Crippen molar-refractivity contribution in [3.8, 4) is 11.9 Å². The average molecular weight is 349 g/mol. The largest absolute Gasteiger partial charge is 0.473 e. The van der Waals surface area contributed by atoms with Crippen LogP contribution < -0.4 is 10.1 Å². The maximum Gasteiger partial charge on any atom is 0.237 e. The molecule has 1 aromatic rings. The van der Waals surface area contributed by atoms with Crippen molar-refractivity contribution in [2.45, 2.75) is 64.3 Å². The summed E-state index contributed by atoms with van der Waals surface area (Å²) in [6.45, 7) is 7.65. The zero-order valence-corrected chi connectivity index (χ0v) is 15.0. The highest BCUT2D eigenvalue weighted by Gasteiger charge is 2.40. The molecule has 1 N–H and O–H groups in total. The summed E-state index contributed by atoms with van der Waals surface area (Å²) < 4.78 is 5.70. The molecule has 24 heavy (non-hydrogen) atoms. The van der Waals surface area contributed by atoms with Gasteiger partial charge in [-0.2, -0.15) is 15.3 Å². The molecule has 7 nitrogen and oxygen atoms in total. The summed E-state index contributed by atoms with van der Waals surface area (Å²) in [6.07, 6.45) is 3.82. The summed E-state index contributed by atoms with van der Waals surface area (Å²) in [5.41, 5.74) is 0.201. The van der Waals surface area contributed by atoms with Gasteiger partial charge in [-0.05, 0) is 40.5 Å². The second-order valence-corrected chi connectivity index (χ2v) is 7.19. The van der Waals surface area contributed by atoms with Crippen LogP contribution in [0, 0.1) is 11.3 Å². The van der Waals surface area contributed by atoms with E-state index in [1.807, 2.05) is 32.7 Å². The Balaban J connectivity index is 1.76. The van der Waals surface area contributed by atoms with Gasteiger partial charge in [0.25, 0.3) is 0 Å². The van der Waals surface area contributed by atoms with Gasteiger partial charge in [0, 0.05) is 0 Å². The van der Waals surface area contributed by atoms with Gasteiger partial charge in [-0.15, -0.1) is 0 Å². The highest BCUT2D eigenvalue weighted by Crippen LogP contribution is 2.31. The molecule has 8 heteroatoms. The molecule has 2 atom stereocenters. The van der Waals surface area contributed by atoms with E-state index in [1.54, 1.807) is 0 Å². The lowest BCUT2D eigenvalue weighted by Crippen LogP contribution is -2.48. The molecule has 2 unspecified atom stereocenters. The summed E-state index contributed by atoms with van der Waals surface area (Å²) >= 11 is 6.10. The number of aromatic nitrogens is 2. The van der Waals surface area contributed by atoms with Gasteiger partial charge in [0.2, 0.25) is 11.8 Å². The molecular formula is C16H21ClN6O. The van der Waals surface area contributed by atoms with Crippen LogP contribution in [0.1, 0.15) is 40.5 Å². The van der Waals surface area contributed by atoms with Gasteiger partial charge >= 0.3 is 0 Å². The predicted molar refractivity (Wildman–Crippen MR) is 92.2 cm³/mol. The minimum absolute atomic E-state index is 0.00766. The number of nitriles is 1. The highest BCUT2D eigenvalue weighted by atomic mass is 35.5. The summed E-state index contributed by atoms with van der Waals surface area (Å²) in [4.78, 5) is 8.61. The van der Waals surface area contributed by atoms with Crippen molar-refractivity contribution < 1.29 is 4.74 Å². The van der Waals surface area contributed by atoms with Crippen LogP contribution in [-0.4, -0.2) is 44.4 Å². The molecule has 0 radical (unpaired) electrons. The van der Waals surface area contributed by atoms with E-state index in [1.165, 1.54) is 6.20 Å². The smallest absolute Gasteiger partial charge is 0.237 e. The Hall–Kier alpha value is -2.07. The minimum Gasteiger partial charge on any atom is -0.473 e. The van der Waals surface area contributed by atoms with Crippen LogP contribution in [0.15, 0.2) is 11.3 Å². The summed E-state index contributed by atoms with van der Waals surface area (Å²) in [6, 6.07) is 2.19. The third-order valence-electron chi connectivity index (χ3n) is 4.23. The van der Waals surface area contributed by atoms with E-state index in [2.05, 4.69) is 26.5 Å². The van der Waals surface area contributed by atoms with Gasteiger partial charge < -0.3 is 10.1 Å². The van der Waals surface area contributed by atoms with Crippen LogP contribution in [0.5, 0.6) is 5.88 Å². The molecule has 1 aliphatic heterocycles. The van der Waals surface area contributed by atoms with Gasteiger partial charge in [0.05, 0.1) is 30.1 Å². The van der Waals surface area contributed by atoms with Crippen LogP contribution in [0.3, 0.4) is 0 Å². The quantitative estimate of drug-likeness (QED) is 0.880. The zero-order chi connectivity index (χ0) is 17.5. The van der Waals surface area contributed by atoms with Crippen molar-refractivity contribution in [3.05, 3.63) is 11.2 Å². The van der Waals surface area contributed by atoms with E-state index in [0.29, 0.717) is 16.9 Å². The van der Waals surface area contributed by atoms with Crippen molar-refractivity contribution in [1.29, 1.82) is 5.26 Å². The van der Waals surface area contributed by atoms with Crippen molar-refractivity contribution in [2.75, 3.05) is 5.32 Å². The number of rotatable bonds is 5. The Morgan fingerprint density at radius 2 is 2.17 bits per heavy atom. The number of hydrogen-bond donors (Lipinski definition) is 1. The lowest BCUT2D eigenvalue weighted by Gasteiger charge is -2.33. The lowest BCUT2D eigenvalue weighted by atomic mass is 10.0. The number of hydrogen-bond acceptors (Lipinski definition) is 7. The van der Waals surface area contributed by atoms with Crippen molar-refractivity contribution in [3.63, 3.8) is 0 Å². The number of anilines is 1. The molecule has 1 saturated carbocycles. The van der Waals surface area contributed by atoms with Gasteiger partial charge in [0.15, 0.2) is 0 Å². The monoisotopic (exact) mass is 348 g/mol. The minimum atomic E-state index is -0.682. The molecule has 128 valence electrons. The summed E-state index contributed by atoms with van der Waals surface area (Å²) in [7, 11) is 0. The number of nitrogens with zero attached hydrogens (tertiary/aromatic N) is 5. The Bertz CT molecular complexity index is 709. The molecule has 2 heterocycles. The van der Waals surface area contributed by atoms with E-state index in [4.69, 9.17) is 16.3 Å². The molecule has 0 aromatic carbocycles. The third-order valence-corrected chi connectivity index (χ3v) is 4.49. The molecule has 1 fully saturated rings. The molecule has 1 aromatic heterocycles. The molecule has 3 rings (SSSR count). The molecular weight excluding hydrogens is 328 g/mol. The van der Waals surface area contributed by atoms with Gasteiger partial charge in [0.1, 0.15) is 16.7 Å². The van der Waals surface area contributed by atoms with Gasteiger partial charge in [-0.3, -0.25) is 5.01 Å². The Morgan fingerprint density at radius 3 is 2.79 bits per heavy atom. The van der Waals surface area contributed by atoms with E-state index < -0.39 is 5.54 Å². The third kappa shape index (κ3) is 3.24. The second-order valence-electron chi connectivity index (χ2n) is 6.78. The Morgan fingerprint density at radius 1 is 1.46 bits per heavy atom. The number of ether oxygens (including phenoxy) is 1. The number of halogens is 1. The van der Waals surface area contributed by atoms with E-state index >= 15 is 0 Å². The van der Waals surface area contributed by atoms with Gasteiger partial charge in [-0.25, -0.2) is 4.98 Å². The second kappa shape index (κ2) is 6.10. The molecule has 0 saturated heterocycles. The fraction of sp³-hybridized carbons (Fsp3) is 0.625. The Labute approximate surface area is 146 Å². The van der Waals surface area contributed by atoms with E-state index in [-0.39, 0.29) is 18.2 Å². The fourth-order valence-electron chi connectivity index (χ4n) is 2.71. The van der Waals surface area contributed by atoms with E-state index in [9.17, 15) is 5.26 Å². The molecule has 2 aliphatic rings. The Kier molecular flexibility index (Phi) is 4.26. The van der Waals surface area contributed by atoms with Crippen LogP contribution >= 0.6 is 11.6 Å². The van der Waals surface area contributed by atoms with Crippen LogP contribution in [-0.2, 0) is 0 Å². The topological polar surface area (TPSA) is 86.4 Å². The first-order valence-electron chi connectivity index (χ1n) is 8.03. The molecule has 0 amide bonds. The first-order valence-corrected chi connectivity index (χ1v) is 8.41. The maximum absolute atomic E-state index is 9.35. The SMILES string of the molecule is CC1=NN(C(C)(C)C#N)C(C)C1Nc1ncc(Cl)c(OC2CC2)n1. The van der Waals surface area contributed by atoms with Crippen molar-refractivity contribution >= 4 is 23.3 Å². The van der Waals surface area contributed by atoms with E-state index in [0.717, 1.165) is 18.6 Å². The predicted octanol–water partition coefficient (Wildman–Crippen LogP) is 2.83. The van der Waals surface area contributed by atoms with Crippen LogP contribution in [0.25, 0.3) is 0 Å². The summed E-state index contributed by atoms with van der Waals surface area (Å²) in [5.74, 6) is 0.851. The molecule has 0 spiro atoms. The van der Waals surface area contributed by atoms with Crippen molar-refractivity contribution in [1.82, 2.24) is 15.0 Å². The average Bonchev–Trinajstić information content (AvgIpc) is 3.31. The van der Waals surface area contributed by atoms with Crippen LogP contribution in [0.2, 0.25) is 5.02 Å². The van der Waals surface area contributed by atoms with Crippen LogP contribution in [0.4, 0.5) is 5.95 Å². The molecule has 0 bridgehead atoms. The maximum atomic E-state index is 9.35. The number of hydrazone groups is 1. The highest BCUT2D eigenvalue weighted by molar-refractivity contribution is 6.31. The standard InChI is InChI=1S/C16H21ClN6O/c1-9-13(10(2)23(22-9)16(3,4)8-18)20-15-19-7-12(17)14(21-15)24-11-5-6-11/h7,10-11,13H,5-6H2,1-4H3,(H,19,20,21). The normalized spacial score (nSPS) is 23.7. The zero-order valence-electron chi connectivity index (χ0n) is 14.2. The first kappa shape index (κ1) is 16.8. The number of nitrogens with one attached hydrogen (secondary N) is 1. The molecule has 1 aliphatic carbocycles. The lowest BCUT2D eigenvalue weighted by molar-refractivity contribution is 0.139. The van der Waals surface area contributed by atoms with Crippen molar-refractivity contribution in [2.24, 2.45) is 5.10 Å².